The second kappa shape index (κ2) is 6.66. The number of carbonyl (C=O) groups excluding carboxylic acids is 2. The third-order valence-electron chi connectivity index (χ3n) is 3.43. The number of cyclic esters (lactones) is 1. The largest absolute Gasteiger partial charge is 0.442 e. The first-order chi connectivity index (χ1) is 11.1. The molecule has 1 aromatic heterocycles. The van der Waals surface area contributed by atoms with Gasteiger partial charge in [0.2, 0.25) is 0 Å². The third kappa shape index (κ3) is 3.60. The van der Waals surface area contributed by atoms with E-state index in [1.54, 1.807) is 48.8 Å². The summed E-state index contributed by atoms with van der Waals surface area (Å²) in [5.41, 5.74) is 1.18. The molecule has 2 amide bonds. The summed E-state index contributed by atoms with van der Waals surface area (Å²) in [5.74, 6) is -0.232. The zero-order chi connectivity index (χ0) is 16.2. The van der Waals surface area contributed by atoms with Crippen LogP contribution in [0.1, 0.15) is 10.4 Å². The molecule has 2 aromatic rings. The van der Waals surface area contributed by atoms with E-state index in [4.69, 9.17) is 16.3 Å². The number of ether oxygens (including phenoxy) is 1. The second-order valence-electron chi connectivity index (χ2n) is 5.04. The molecule has 0 bridgehead atoms. The molecule has 6 nitrogen and oxygen atoms in total. The quantitative estimate of drug-likeness (QED) is 0.934. The number of nitrogens with one attached hydrogen (secondary N) is 1. The van der Waals surface area contributed by atoms with E-state index in [9.17, 15) is 9.59 Å². The Kier molecular flexibility index (Phi) is 4.43. The minimum Gasteiger partial charge on any atom is -0.442 e. The van der Waals surface area contributed by atoms with Crippen LogP contribution in [0.2, 0.25) is 5.02 Å². The van der Waals surface area contributed by atoms with Gasteiger partial charge in [-0.3, -0.25) is 14.7 Å². The molecular weight excluding hydrogens is 318 g/mol. The first-order valence-electron chi connectivity index (χ1n) is 7.05. The molecule has 0 saturated carbocycles. The predicted octanol–water partition coefficient (Wildman–Crippen LogP) is 2.49. The molecule has 1 aromatic carbocycles. The lowest BCUT2D eigenvalue weighted by atomic mass is 10.2. The number of rotatable bonds is 4. The van der Waals surface area contributed by atoms with Gasteiger partial charge in [-0.05, 0) is 30.3 Å². The fourth-order valence-electron chi connectivity index (χ4n) is 2.29. The van der Waals surface area contributed by atoms with Gasteiger partial charge in [0.05, 0.1) is 13.1 Å². The standard InChI is InChI=1S/C16H14ClN3O3/c17-12-2-1-3-13(8-12)20-10-14(23-16(20)22)9-19-15(21)11-4-6-18-7-5-11/h1-8,14H,9-10H2,(H,19,21). The van der Waals surface area contributed by atoms with E-state index < -0.39 is 12.2 Å². The van der Waals surface area contributed by atoms with Crippen LogP contribution in [-0.2, 0) is 4.74 Å². The smallest absolute Gasteiger partial charge is 0.414 e. The van der Waals surface area contributed by atoms with E-state index in [0.29, 0.717) is 22.8 Å². The van der Waals surface area contributed by atoms with Gasteiger partial charge in [0.25, 0.3) is 5.91 Å². The number of carbonyl (C=O) groups is 2. The number of pyridine rings is 1. The number of aromatic nitrogens is 1. The summed E-state index contributed by atoms with van der Waals surface area (Å²) in [4.78, 5) is 29.3. The monoisotopic (exact) mass is 331 g/mol. The Labute approximate surface area is 138 Å². The number of anilines is 1. The molecule has 2 heterocycles. The summed E-state index contributed by atoms with van der Waals surface area (Å²) < 4.78 is 5.27. The van der Waals surface area contributed by atoms with E-state index in [0.717, 1.165) is 0 Å². The molecule has 1 aliphatic rings. The first kappa shape index (κ1) is 15.3. The van der Waals surface area contributed by atoms with Crippen molar-refractivity contribution in [2.24, 2.45) is 0 Å². The maximum atomic E-state index is 12.0. The molecule has 1 aliphatic heterocycles. The molecule has 1 atom stereocenters. The van der Waals surface area contributed by atoms with Crippen molar-refractivity contribution in [1.29, 1.82) is 0 Å². The zero-order valence-corrected chi connectivity index (χ0v) is 12.9. The third-order valence-corrected chi connectivity index (χ3v) is 3.66. The average Bonchev–Trinajstić information content (AvgIpc) is 2.94. The lowest BCUT2D eigenvalue weighted by Gasteiger charge is -2.13. The molecular formula is C16H14ClN3O3. The van der Waals surface area contributed by atoms with Crippen LogP contribution >= 0.6 is 11.6 Å². The van der Waals surface area contributed by atoms with Crippen LogP contribution in [0.15, 0.2) is 48.8 Å². The van der Waals surface area contributed by atoms with Gasteiger partial charge in [0, 0.05) is 28.7 Å². The Hall–Kier alpha value is -2.60. The van der Waals surface area contributed by atoms with Gasteiger partial charge in [-0.25, -0.2) is 4.79 Å². The number of hydrogen-bond donors (Lipinski definition) is 1. The van der Waals surface area contributed by atoms with Crippen molar-refractivity contribution >= 4 is 29.3 Å². The molecule has 0 radical (unpaired) electrons. The fourth-order valence-corrected chi connectivity index (χ4v) is 2.48. The highest BCUT2D eigenvalue weighted by molar-refractivity contribution is 6.30. The Balaban J connectivity index is 1.59. The Morgan fingerprint density at radius 2 is 2.13 bits per heavy atom. The molecule has 1 fully saturated rings. The van der Waals surface area contributed by atoms with Crippen molar-refractivity contribution in [2.45, 2.75) is 6.10 Å². The number of benzene rings is 1. The van der Waals surface area contributed by atoms with Crippen molar-refractivity contribution in [1.82, 2.24) is 10.3 Å². The highest BCUT2D eigenvalue weighted by atomic mass is 35.5. The zero-order valence-electron chi connectivity index (χ0n) is 12.1. The van der Waals surface area contributed by atoms with Crippen LogP contribution in [0.3, 0.4) is 0 Å². The molecule has 23 heavy (non-hydrogen) atoms. The number of nitrogens with zero attached hydrogens (tertiary/aromatic N) is 2. The van der Waals surface area contributed by atoms with Crippen LogP contribution in [0.4, 0.5) is 10.5 Å². The van der Waals surface area contributed by atoms with Gasteiger partial charge >= 0.3 is 6.09 Å². The van der Waals surface area contributed by atoms with Gasteiger partial charge in [-0.15, -0.1) is 0 Å². The molecule has 1 unspecified atom stereocenters. The number of hydrogen-bond acceptors (Lipinski definition) is 4. The maximum absolute atomic E-state index is 12.0. The summed E-state index contributed by atoms with van der Waals surface area (Å²) in [6.07, 6.45) is 2.24. The molecule has 1 N–H and O–H groups in total. The summed E-state index contributed by atoms with van der Waals surface area (Å²) in [7, 11) is 0. The highest BCUT2D eigenvalue weighted by Crippen LogP contribution is 2.24. The van der Waals surface area contributed by atoms with Gasteiger partial charge in [0.1, 0.15) is 6.10 Å². The Morgan fingerprint density at radius 3 is 2.87 bits per heavy atom. The summed E-state index contributed by atoms with van der Waals surface area (Å²) in [5, 5.41) is 3.29. The number of halogens is 1. The summed E-state index contributed by atoms with van der Waals surface area (Å²) in [6.45, 7) is 0.597. The van der Waals surface area contributed by atoms with Crippen molar-refractivity contribution in [3.63, 3.8) is 0 Å². The SMILES string of the molecule is O=C(NCC1CN(c2cccc(Cl)c2)C(=O)O1)c1ccncc1. The van der Waals surface area contributed by atoms with Crippen molar-refractivity contribution < 1.29 is 14.3 Å². The molecule has 1 saturated heterocycles. The molecule has 7 heteroatoms. The highest BCUT2D eigenvalue weighted by Gasteiger charge is 2.32. The van der Waals surface area contributed by atoms with Crippen LogP contribution in [-0.4, -0.2) is 36.2 Å². The number of amides is 2. The van der Waals surface area contributed by atoms with Gasteiger partial charge in [-0.1, -0.05) is 17.7 Å². The molecule has 3 rings (SSSR count). The average molecular weight is 332 g/mol. The topological polar surface area (TPSA) is 71.5 Å². The lowest BCUT2D eigenvalue weighted by Crippen LogP contribution is -2.34. The maximum Gasteiger partial charge on any atom is 0.414 e. The van der Waals surface area contributed by atoms with Crippen molar-refractivity contribution in [2.75, 3.05) is 18.0 Å². The van der Waals surface area contributed by atoms with Crippen molar-refractivity contribution in [3.8, 4) is 0 Å². The molecule has 0 spiro atoms. The summed E-state index contributed by atoms with van der Waals surface area (Å²) in [6, 6.07) is 10.2. The van der Waals surface area contributed by atoms with Crippen LogP contribution < -0.4 is 10.2 Å². The second-order valence-corrected chi connectivity index (χ2v) is 5.48. The minimum absolute atomic E-state index is 0.232. The normalized spacial score (nSPS) is 17.0. The van der Waals surface area contributed by atoms with E-state index in [2.05, 4.69) is 10.3 Å². The van der Waals surface area contributed by atoms with Crippen LogP contribution in [0.5, 0.6) is 0 Å². The van der Waals surface area contributed by atoms with Crippen LogP contribution in [0, 0.1) is 0 Å². The Morgan fingerprint density at radius 1 is 1.35 bits per heavy atom. The van der Waals surface area contributed by atoms with Crippen molar-refractivity contribution in [3.05, 3.63) is 59.4 Å². The fraction of sp³-hybridized carbons (Fsp3) is 0.188. The molecule has 0 aliphatic carbocycles. The van der Waals surface area contributed by atoms with E-state index in [1.807, 2.05) is 0 Å². The minimum atomic E-state index is -0.449. The summed E-state index contributed by atoms with van der Waals surface area (Å²) >= 11 is 5.94. The molecule has 118 valence electrons. The van der Waals surface area contributed by atoms with Crippen LogP contribution in [0.25, 0.3) is 0 Å². The first-order valence-corrected chi connectivity index (χ1v) is 7.43. The van der Waals surface area contributed by atoms with Gasteiger partial charge < -0.3 is 10.1 Å². The lowest BCUT2D eigenvalue weighted by molar-refractivity contribution is 0.0916. The predicted molar refractivity (Wildman–Crippen MR) is 85.6 cm³/mol. The van der Waals surface area contributed by atoms with Gasteiger partial charge in [-0.2, -0.15) is 0 Å². The van der Waals surface area contributed by atoms with Gasteiger partial charge in [0.15, 0.2) is 0 Å². The Bertz CT molecular complexity index is 724. The van der Waals surface area contributed by atoms with E-state index in [1.165, 1.54) is 4.90 Å². The van der Waals surface area contributed by atoms with E-state index >= 15 is 0 Å². The van der Waals surface area contributed by atoms with E-state index in [-0.39, 0.29) is 12.5 Å².